The summed E-state index contributed by atoms with van der Waals surface area (Å²) < 4.78 is 0. The Kier molecular flexibility index (Phi) is 3.15. The second kappa shape index (κ2) is 5.01. The largest absolute Gasteiger partial charge is 0.0808 e. The summed E-state index contributed by atoms with van der Waals surface area (Å²) in [6.45, 7) is 2.52. The summed E-state index contributed by atoms with van der Waals surface area (Å²) in [4.78, 5) is 0. The summed E-state index contributed by atoms with van der Waals surface area (Å²) in [6, 6.07) is 8.90. The molecule has 0 nitrogen and oxygen atoms in total. The van der Waals surface area contributed by atoms with Crippen LogP contribution in [0, 0.1) is 11.8 Å². The molecule has 0 spiro atoms. The van der Waals surface area contributed by atoms with E-state index in [1.165, 1.54) is 30.4 Å². The van der Waals surface area contributed by atoms with E-state index in [0.717, 1.165) is 17.5 Å². The summed E-state index contributed by atoms with van der Waals surface area (Å²) in [5.74, 6) is 1.64. The molecule has 1 fully saturated rings. The van der Waals surface area contributed by atoms with Crippen molar-refractivity contribution in [3.63, 3.8) is 0 Å². The highest BCUT2D eigenvalue weighted by atomic mass is 31.1. The van der Waals surface area contributed by atoms with E-state index in [-0.39, 0.29) is 7.92 Å². The van der Waals surface area contributed by atoms with Gasteiger partial charge in [-0.05, 0) is 59.9 Å². The normalized spacial score (nSPS) is 31.9. The molecule has 3 unspecified atom stereocenters. The third-order valence-corrected chi connectivity index (χ3v) is 7.93. The van der Waals surface area contributed by atoms with E-state index in [1.54, 1.807) is 5.31 Å². The van der Waals surface area contributed by atoms with Crippen LogP contribution in [-0.2, 0) is 6.42 Å². The molecule has 4 rings (SSSR count). The summed E-state index contributed by atoms with van der Waals surface area (Å²) in [6.07, 6.45) is 15.9. The molecule has 102 valence electrons. The number of rotatable bonds is 2. The Morgan fingerprint density at radius 2 is 1.70 bits per heavy atom. The number of fused-ring (bicyclic) bond motifs is 2. The Balaban J connectivity index is 1.51. The maximum absolute atomic E-state index is 2.52. The predicted molar refractivity (Wildman–Crippen MR) is 89.2 cm³/mol. The van der Waals surface area contributed by atoms with Gasteiger partial charge in [-0.15, -0.1) is 0 Å². The van der Waals surface area contributed by atoms with Gasteiger partial charge in [0.15, 0.2) is 0 Å². The van der Waals surface area contributed by atoms with E-state index in [4.69, 9.17) is 0 Å². The molecule has 0 radical (unpaired) electrons. The SMILES string of the molecule is CP(C1=Cc2ccccc2C1)C1CC2C=CC=CC2C1. The van der Waals surface area contributed by atoms with E-state index >= 15 is 0 Å². The van der Waals surface area contributed by atoms with Crippen LogP contribution in [-0.4, -0.2) is 12.3 Å². The summed E-state index contributed by atoms with van der Waals surface area (Å²) in [7, 11) is 0.0273. The third kappa shape index (κ3) is 2.11. The van der Waals surface area contributed by atoms with Gasteiger partial charge in [-0.25, -0.2) is 0 Å². The molecule has 3 aliphatic rings. The highest BCUT2D eigenvalue weighted by Gasteiger charge is 2.36. The Hall–Kier alpha value is -1.13. The molecule has 0 N–H and O–H groups in total. The predicted octanol–water partition coefficient (Wildman–Crippen LogP) is 5.22. The topological polar surface area (TPSA) is 0 Å². The van der Waals surface area contributed by atoms with Gasteiger partial charge in [0.1, 0.15) is 0 Å². The van der Waals surface area contributed by atoms with Crippen LogP contribution in [0.1, 0.15) is 24.0 Å². The monoisotopic (exact) mass is 280 g/mol. The van der Waals surface area contributed by atoms with Crippen molar-refractivity contribution in [3.05, 3.63) is 65.0 Å². The Bertz CT molecular complexity index is 588. The molecular formula is C19H21P. The lowest BCUT2D eigenvalue weighted by Gasteiger charge is -2.21. The van der Waals surface area contributed by atoms with Gasteiger partial charge in [-0.2, -0.15) is 0 Å². The Labute approximate surface area is 123 Å². The van der Waals surface area contributed by atoms with E-state index in [9.17, 15) is 0 Å². The molecule has 0 saturated heterocycles. The summed E-state index contributed by atoms with van der Waals surface area (Å²) in [5, 5.41) is 1.72. The molecule has 1 heteroatoms. The van der Waals surface area contributed by atoms with E-state index in [1.807, 2.05) is 0 Å². The van der Waals surface area contributed by atoms with Crippen molar-refractivity contribution in [2.45, 2.75) is 24.9 Å². The fourth-order valence-electron chi connectivity index (χ4n) is 3.97. The van der Waals surface area contributed by atoms with Gasteiger partial charge in [-0.3, -0.25) is 0 Å². The van der Waals surface area contributed by atoms with Gasteiger partial charge in [-0.1, -0.05) is 62.6 Å². The first-order valence-corrected chi connectivity index (χ1v) is 9.53. The minimum atomic E-state index is 0.0273. The lowest BCUT2D eigenvalue weighted by atomic mass is 9.92. The summed E-state index contributed by atoms with van der Waals surface area (Å²) in [5.41, 5.74) is 3.92. The molecule has 3 atom stereocenters. The van der Waals surface area contributed by atoms with Gasteiger partial charge >= 0.3 is 0 Å². The maximum atomic E-state index is 2.52. The molecule has 3 aliphatic carbocycles. The Morgan fingerprint density at radius 1 is 1.00 bits per heavy atom. The smallest absolute Gasteiger partial charge is 0.00152 e. The van der Waals surface area contributed by atoms with Crippen molar-refractivity contribution in [2.24, 2.45) is 11.8 Å². The van der Waals surface area contributed by atoms with Crippen LogP contribution < -0.4 is 0 Å². The van der Waals surface area contributed by atoms with Crippen LogP contribution in [0.3, 0.4) is 0 Å². The molecule has 0 aromatic heterocycles. The molecule has 1 aromatic rings. The van der Waals surface area contributed by atoms with Crippen molar-refractivity contribution < 1.29 is 0 Å². The second-order valence-electron chi connectivity index (χ2n) is 6.34. The molecule has 20 heavy (non-hydrogen) atoms. The third-order valence-electron chi connectivity index (χ3n) is 5.22. The van der Waals surface area contributed by atoms with Crippen LogP contribution in [0.15, 0.2) is 53.9 Å². The van der Waals surface area contributed by atoms with Crippen molar-refractivity contribution in [1.29, 1.82) is 0 Å². The first kappa shape index (κ1) is 12.6. The molecular weight excluding hydrogens is 259 g/mol. The fraction of sp³-hybridized carbons (Fsp3) is 0.368. The van der Waals surface area contributed by atoms with Crippen molar-refractivity contribution in [2.75, 3.05) is 6.66 Å². The first-order chi connectivity index (χ1) is 9.81. The van der Waals surface area contributed by atoms with E-state index in [2.05, 4.69) is 61.3 Å². The fourth-order valence-corrected chi connectivity index (χ4v) is 6.32. The van der Waals surface area contributed by atoms with Gasteiger partial charge < -0.3 is 0 Å². The summed E-state index contributed by atoms with van der Waals surface area (Å²) >= 11 is 0. The lowest BCUT2D eigenvalue weighted by molar-refractivity contribution is 0.552. The quantitative estimate of drug-likeness (QED) is 0.652. The highest BCUT2D eigenvalue weighted by Crippen LogP contribution is 2.58. The van der Waals surface area contributed by atoms with Gasteiger partial charge in [0, 0.05) is 0 Å². The number of hydrogen-bond acceptors (Lipinski definition) is 0. The lowest BCUT2D eigenvalue weighted by Crippen LogP contribution is -2.03. The minimum absolute atomic E-state index is 0.0273. The van der Waals surface area contributed by atoms with Crippen LogP contribution in [0.4, 0.5) is 0 Å². The zero-order chi connectivity index (χ0) is 13.5. The number of allylic oxidation sites excluding steroid dienone is 5. The number of benzene rings is 1. The van der Waals surface area contributed by atoms with Gasteiger partial charge in [0.2, 0.25) is 0 Å². The van der Waals surface area contributed by atoms with Crippen molar-refractivity contribution in [3.8, 4) is 0 Å². The molecule has 0 amide bonds. The van der Waals surface area contributed by atoms with E-state index < -0.39 is 0 Å². The number of hydrogen-bond donors (Lipinski definition) is 0. The second-order valence-corrected chi connectivity index (χ2v) is 8.87. The Morgan fingerprint density at radius 3 is 2.40 bits per heavy atom. The van der Waals surface area contributed by atoms with Crippen LogP contribution >= 0.6 is 7.92 Å². The molecule has 1 saturated carbocycles. The molecule has 0 aliphatic heterocycles. The zero-order valence-electron chi connectivity index (χ0n) is 12.0. The average molecular weight is 280 g/mol. The average Bonchev–Trinajstić information content (AvgIpc) is 3.10. The molecule has 0 bridgehead atoms. The van der Waals surface area contributed by atoms with Crippen molar-refractivity contribution >= 4 is 14.0 Å². The van der Waals surface area contributed by atoms with Gasteiger partial charge in [0.25, 0.3) is 0 Å². The molecule has 0 heterocycles. The first-order valence-electron chi connectivity index (χ1n) is 7.67. The molecule has 1 aromatic carbocycles. The van der Waals surface area contributed by atoms with E-state index in [0.29, 0.717) is 0 Å². The zero-order valence-corrected chi connectivity index (χ0v) is 12.9. The van der Waals surface area contributed by atoms with Crippen molar-refractivity contribution in [1.82, 2.24) is 0 Å². The van der Waals surface area contributed by atoms with Crippen LogP contribution in [0.25, 0.3) is 6.08 Å². The van der Waals surface area contributed by atoms with Gasteiger partial charge in [0.05, 0.1) is 0 Å². The highest BCUT2D eigenvalue weighted by molar-refractivity contribution is 7.62. The standard InChI is InChI=1S/C19H21P/c1-20(18-10-14-6-2-3-7-15(14)11-18)19-12-16-8-4-5-9-17(16)13-19/h2-10,16-17,19H,11-13H2,1H3. The van der Waals surface area contributed by atoms with Crippen LogP contribution in [0.2, 0.25) is 0 Å². The maximum Gasteiger partial charge on any atom is -0.00152 e. The minimum Gasteiger partial charge on any atom is -0.0808 e. The van der Waals surface area contributed by atoms with Crippen LogP contribution in [0.5, 0.6) is 0 Å².